The molecule has 0 amide bonds. The second-order valence-corrected chi connectivity index (χ2v) is 6.03. The van der Waals surface area contributed by atoms with E-state index >= 15 is 0 Å². The van der Waals surface area contributed by atoms with Crippen LogP contribution >= 0.6 is 23.1 Å². The van der Waals surface area contributed by atoms with E-state index in [0.717, 1.165) is 0 Å². The highest BCUT2D eigenvalue weighted by Gasteiger charge is 2.21. The van der Waals surface area contributed by atoms with Crippen molar-refractivity contribution in [2.45, 2.75) is 25.4 Å². The molecule has 0 radical (unpaired) electrons. The lowest BCUT2D eigenvalue weighted by molar-refractivity contribution is 0.237. The van der Waals surface area contributed by atoms with E-state index in [9.17, 15) is 5.11 Å². The maximum Gasteiger partial charge on any atom is 0.0654 e. The number of thiophene rings is 1. The first-order valence-electron chi connectivity index (χ1n) is 5.30. The quantitative estimate of drug-likeness (QED) is 0.850. The van der Waals surface area contributed by atoms with Crippen LogP contribution in [0.3, 0.4) is 0 Å². The van der Waals surface area contributed by atoms with Gasteiger partial charge in [0, 0.05) is 16.7 Å². The van der Waals surface area contributed by atoms with E-state index in [1.807, 2.05) is 11.8 Å². The average molecular weight is 243 g/mol. The van der Waals surface area contributed by atoms with Gasteiger partial charge in [0.05, 0.1) is 12.6 Å². The van der Waals surface area contributed by atoms with E-state index in [4.69, 9.17) is 0 Å². The van der Waals surface area contributed by atoms with Crippen molar-refractivity contribution in [2.75, 3.05) is 18.1 Å². The summed E-state index contributed by atoms with van der Waals surface area (Å²) >= 11 is 3.73. The van der Waals surface area contributed by atoms with Gasteiger partial charge in [-0.15, -0.1) is 11.3 Å². The van der Waals surface area contributed by atoms with Gasteiger partial charge in [0.1, 0.15) is 0 Å². The van der Waals surface area contributed by atoms with E-state index < -0.39 is 0 Å². The first-order chi connectivity index (χ1) is 7.31. The topological polar surface area (TPSA) is 32.3 Å². The number of rotatable bonds is 4. The normalized spacial score (nSPS) is 23.2. The second kappa shape index (κ2) is 5.34. The Morgan fingerprint density at radius 3 is 3.07 bits per heavy atom. The average Bonchev–Trinajstić information content (AvgIpc) is 2.85. The molecule has 0 spiro atoms. The molecule has 2 atom stereocenters. The third-order valence-corrected chi connectivity index (χ3v) is 5.06. The van der Waals surface area contributed by atoms with Gasteiger partial charge in [0.15, 0.2) is 0 Å². The molecule has 2 unspecified atom stereocenters. The number of aliphatic hydroxyl groups is 1. The molecular weight excluding hydrogens is 226 g/mol. The molecule has 2 rings (SSSR count). The van der Waals surface area contributed by atoms with E-state index in [1.54, 1.807) is 11.3 Å². The van der Waals surface area contributed by atoms with Crippen molar-refractivity contribution in [2.24, 2.45) is 0 Å². The van der Waals surface area contributed by atoms with Gasteiger partial charge in [-0.2, -0.15) is 11.8 Å². The van der Waals surface area contributed by atoms with Gasteiger partial charge in [-0.3, -0.25) is 0 Å². The van der Waals surface area contributed by atoms with Crippen LogP contribution in [-0.2, 0) is 0 Å². The molecule has 0 aliphatic carbocycles. The Morgan fingerprint density at radius 1 is 1.67 bits per heavy atom. The lowest BCUT2D eigenvalue weighted by Crippen LogP contribution is -2.34. The molecular formula is C11H17NOS2. The zero-order valence-corrected chi connectivity index (χ0v) is 10.5. The summed E-state index contributed by atoms with van der Waals surface area (Å²) < 4.78 is 0. The molecule has 4 heteroatoms. The molecule has 2 heterocycles. The first kappa shape index (κ1) is 11.5. The fourth-order valence-electron chi connectivity index (χ4n) is 1.90. The molecule has 15 heavy (non-hydrogen) atoms. The molecule has 1 aliphatic heterocycles. The third-order valence-electron chi connectivity index (χ3n) is 2.77. The predicted molar refractivity (Wildman–Crippen MR) is 67.7 cm³/mol. The number of aryl methyl sites for hydroxylation is 1. The number of nitrogens with one attached hydrogen (secondary N) is 1. The Kier molecular flexibility index (Phi) is 4.08. The lowest BCUT2D eigenvalue weighted by Gasteiger charge is -2.20. The molecule has 84 valence electrons. The van der Waals surface area contributed by atoms with Crippen molar-refractivity contribution in [3.05, 3.63) is 21.9 Å². The van der Waals surface area contributed by atoms with Crippen LogP contribution in [0.15, 0.2) is 11.4 Å². The first-order valence-corrected chi connectivity index (χ1v) is 7.33. The van der Waals surface area contributed by atoms with Crippen LogP contribution in [0.5, 0.6) is 0 Å². The van der Waals surface area contributed by atoms with Gasteiger partial charge in [0.25, 0.3) is 0 Å². The summed E-state index contributed by atoms with van der Waals surface area (Å²) in [6, 6.07) is 2.83. The number of thioether (sulfide) groups is 1. The third kappa shape index (κ3) is 2.75. The number of hydrogen-bond donors (Lipinski definition) is 2. The summed E-state index contributed by atoms with van der Waals surface area (Å²) in [6.45, 7) is 2.31. The van der Waals surface area contributed by atoms with Crippen molar-refractivity contribution in [3.63, 3.8) is 0 Å². The smallest absolute Gasteiger partial charge is 0.0654 e. The van der Waals surface area contributed by atoms with Crippen LogP contribution in [0.25, 0.3) is 0 Å². The Balaban J connectivity index is 2.00. The van der Waals surface area contributed by atoms with Crippen LogP contribution in [-0.4, -0.2) is 29.3 Å². The summed E-state index contributed by atoms with van der Waals surface area (Å²) in [5, 5.41) is 15.1. The highest BCUT2D eigenvalue weighted by atomic mass is 32.2. The zero-order valence-electron chi connectivity index (χ0n) is 8.90. The van der Waals surface area contributed by atoms with Gasteiger partial charge in [0.2, 0.25) is 0 Å². The van der Waals surface area contributed by atoms with Crippen molar-refractivity contribution >= 4 is 23.1 Å². The minimum Gasteiger partial charge on any atom is -0.394 e. The standard InChI is InChI=1S/C11H17NOS2/c1-8-2-5-15-11(8)10(6-13)12-9-3-4-14-7-9/h2,5,9-10,12-13H,3-4,6-7H2,1H3. The van der Waals surface area contributed by atoms with Crippen molar-refractivity contribution in [3.8, 4) is 0 Å². The van der Waals surface area contributed by atoms with Gasteiger partial charge < -0.3 is 10.4 Å². The van der Waals surface area contributed by atoms with E-state index in [-0.39, 0.29) is 12.6 Å². The van der Waals surface area contributed by atoms with Crippen LogP contribution < -0.4 is 5.32 Å². The molecule has 1 aliphatic rings. The van der Waals surface area contributed by atoms with Crippen molar-refractivity contribution in [1.82, 2.24) is 5.32 Å². The molecule has 2 N–H and O–H groups in total. The Bertz CT molecular complexity index is 307. The van der Waals surface area contributed by atoms with E-state index in [0.29, 0.717) is 6.04 Å². The molecule has 1 saturated heterocycles. The van der Waals surface area contributed by atoms with Crippen LogP contribution in [0, 0.1) is 6.92 Å². The van der Waals surface area contributed by atoms with Gasteiger partial charge >= 0.3 is 0 Å². The molecule has 0 saturated carbocycles. The van der Waals surface area contributed by atoms with Gasteiger partial charge in [-0.1, -0.05) is 0 Å². The SMILES string of the molecule is Cc1ccsc1C(CO)NC1CCSC1. The number of aliphatic hydroxyl groups excluding tert-OH is 1. The fourth-order valence-corrected chi connectivity index (χ4v) is 4.05. The Hall–Kier alpha value is -0.0300. The lowest BCUT2D eigenvalue weighted by atomic mass is 10.1. The zero-order chi connectivity index (χ0) is 10.7. The minimum atomic E-state index is 0.133. The predicted octanol–water partition coefficient (Wildman–Crippen LogP) is 2.19. The molecule has 0 aromatic carbocycles. The Labute approximate surface area is 99.1 Å². The number of hydrogen-bond acceptors (Lipinski definition) is 4. The highest BCUT2D eigenvalue weighted by molar-refractivity contribution is 7.99. The summed E-state index contributed by atoms with van der Waals surface area (Å²) in [7, 11) is 0. The maximum absolute atomic E-state index is 9.42. The van der Waals surface area contributed by atoms with E-state index in [2.05, 4.69) is 23.7 Å². The molecule has 1 aromatic heterocycles. The summed E-state index contributed by atoms with van der Waals surface area (Å²) in [5.41, 5.74) is 1.29. The van der Waals surface area contributed by atoms with Gasteiger partial charge in [-0.25, -0.2) is 0 Å². The summed E-state index contributed by atoms with van der Waals surface area (Å²) in [4.78, 5) is 1.29. The molecule has 1 fully saturated rings. The summed E-state index contributed by atoms with van der Waals surface area (Å²) in [6.07, 6.45) is 1.23. The highest BCUT2D eigenvalue weighted by Crippen LogP contribution is 2.26. The fraction of sp³-hybridized carbons (Fsp3) is 0.636. The summed E-state index contributed by atoms with van der Waals surface area (Å²) in [5.74, 6) is 2.43. The second-order valence-electron chi connectivity index (χ2n) is 3.93. The van der Waals surface area contributed by atoms with Crippen LogP contribution in [0.2, 0.25) is 0 Å². The molecule has 1 aromatic rings. The Morgan fingerprint density at radius 2 is 2.53 bits per heavy atom. The monoisotopic (exact) mass is 243 g/mol. The molecule has 0 bridgehead atoms. The van der Waals surface area contributed by atoms with Gasteiger partial charge in [-0.05, 0) is 36.1 Å². The van der Waals surface area contributed by atoms with Crippen LogP contribution in [0.1, 0.15) is 22.9 Å². The van der Waals surface area contributed by atoms with Crippen molar-refractivity contribution < 1.29 is 5.11 Å². The largest absolute Gasteiger partial charge is 0.394 e. The van der Waals surface area contributed by atoms with Crippen molar-refractivity contribution in [1.29, 1.82) is 0 Å². The molecule has 2 nitrogen and oxygen atoms in total. The minimum absolute atomic E-state index is 0.133. The van der Waals surface area contributed by atoms with E-state index in [1.165, 1.54) is 28.4 Å². The maximum atomic E-state index is 9.42. The van der Waals surface area contributed by atoms with Crippen LogP contribution in [0.4, 0.5) is 0 Å².